The zero-order valence-corrected chi connectivity index (χ0v) is 17.7. The van der Waals surface area contributed by atoms with Crippen LogP contribution in [-0.2, 0) is 9.53 Å². The third-order valence-corrected chi connectivity index (χ3v) is 4.52. The van der Waals surface area contributed by atoms with Gasteiger partial charge in [-0.15, -0.1) is 0 Å². The van der Waals surface area contributed by atoms with E-state index in [1.165, 1.54) is 6.08 Å². The summed E-state index contributed by atoms with van der Waals surface area (Å²) in [6, 6.07) is 14.0. The van der Waals surface area contributed by atoms with Crippen molar-refractivity contribution in [3.8, 4) is 5.75 Å². The van der Waals surface area contributed by atoms with Gasteiger partial charge in [0.05, 0.1) is 6.61 Å². The van der Waals surface area contributed by atoms with Gasteiger partial charge in [0.25, 0.3) is 0 Å². The molecule has 0 N–H and O–H groups in total. The Morgan fingerprint density at radius 2 is 1.82 bits per heavy atom. The average Bonchev–Trinajstić information content (AvgIpc) is 2.70. The molecule has 0 aliphatic rings. The lowest BCUT2D eigenvalue weighted by molar-refractivity contribution is -0.138. The summed E-state index contributed by atoms with van der Waals surface area (Å²) in [4.78, 5) is 24.1. The van der Waals surface area contributed by atoms with Gasteiger partial charge >= 0.3 is 5.97 Å². The summed E-state index contributed by atoms with van der Waals surface area (Å²) >= 11 is 9.13. The molecule has 4 nitrogen and oxygen atoms in total. The first-order valence-corrected chi connectivity index (χ1v) is 10.2. The Balaban J connectivity index is 2.04. The average molecular weight is 464 g/mol. The smallest absolute Gasteiger partial charge is 0.334 e. The maximum Gasteiger partial charge on any atom is 0.334 e. The molecule has 0 saturated carbocycles. The molecule has 0 aliphatic carbocycles. The lowest BCUT2D eigenvalue weighted by Crippen LogP contribution is -2.08. The molecule has 0 unspecified atom stereocenters. The topological polar surface area (TPSA) is 52.6 Å². The molecule has 2 aromatic rings. The zero-order valence-electron chi connectivity index (χ0n) is 15.4. The number of para-hydroxylation sites is 1. The van der Waals surface area contributed by atoms with Crippen molar-refractivity contribution >= 4 is 45.4 Å². The maximum atomic E-state index is 12.1. The van der Waals surface area contributed by atoms with E-state index in [1.54, 1.807) is 49.4 Å². The number of allylic oxidation sites excluding steroid dienone is 1. The van der Waals surface area contributed by atoms with Crippen LogP contribution in [0, 0.1) is 0 Å². The molecule has 146 valence electrons. The highest BCUT2D eigenvalue weighted by atomic mass is 79.9. The van der Waals surface area contributed by atoms with Crippen LogP contribution in [-0.4, -0.2) is 30.3 Å². The van der Waals surface area contributed by atoms with Gasteiger partial charge < -0.3 is 9.47 Å². The van der Waals surface area contributed by atoms with Crippen molar-refractivity contribution in [3.05, 3.63) is 82.4 Å². The summed E-state index contributed by atoms with van der Waals surface area (Å²) in [5.74, 6) is 0.105. The summed E-state index contributed by atoms with van der Waals surface area (Å²) in [5, 5.41) is 0.953. The molecule has 0 fully saturated rings. The van der Waals surface area contributed by atoms with Gasteiger partial charge in [-0.05, 0) is 55.5 Å². The van der Waals surface area contributed by atoms with Crippen LogP contribution in [0.2, 0.25) is 5.02 Å². The van der Waals surface area contributed by atoms with Gasteiger partial charge in [0.1, 0.15) is 12.4 Å². The predicted octanol–water partition coefficient (Wildman–Crippen LogP) is 5.50. The standard InChI is InChI=1S/C22H20BrClO4/c1-2-27-22(26)18(15-23)14-17-6-3-4-8-21(17)28-13-5-7-20(25)16-9-11-19(24)12-10-16/h3-12,14H,2,13,15H2,1H3/b7-5+,18-14+. The normalized spacial score (nSPS) is 11.5. The Morgan fingerprint density at radius 3 is 2.50 bits per heavy atom. The molecule has 0 spiro atoms. The SMILES string of the molecule is CCOC(=O)/C(=C/c1ccccc1OC/C=C/C(=O)c1ccc(Cl)cc1)CBr. The maximum absolute atomic E-state index is 12.1. The van der Waals surface area contributed by atoms with E-state index in [0.717, 1.165) is 5.56 Å². The first kappa shape index (κ1) is 21.9. The summed E-state index contributed by atoms with van der Waals surface area (Å²) in [5.41, 5.74) is 1.80. The van der Waals surface area contributed by atoms with Crippen LogP contribution in [0.1, 0.15) is 22.8 Å². The van der Waals surface area contributed by atoms with E-state index in [2.05, 4.69) is 15.9 Å². The quantitative estimate of drug-likeness (QED) is 0.213. The number of halogens is 2. The zero-order chi connectivity index (χ0) is 20.4. The number of alkyl halides is 1. The molecule has 0 aromatic heterocycles. The number of benzene rings is 2. The minimum absolute atomic E-state index is 0.127. The third-order valence-electron chi connectivity index (χ3n) is 3.66. The molecule has 0 bridgehead atoms. The minimum Gasteiger partial charge on any atom is -0.489 e. The van der Waals surface area contributed by atoms with Crippen LogP contribution in [0.15, 0.2) is 66.3 Å². The molecule has 0 saturated heterocycles. The minimum atomic E-state index is -0.373. The Hall–Kier alpha value is -2.37. The fourth-order valence-corrected chi connectivity index (χ4v) is 2.81. The van der Waals surface area contributed by atoms with Crippen molar-refractivity contribution in [2.45, 2.75) is 6.92 Å². The van der Waals surface area contributed by atoms with Crippen LogP contribution in [0.5, 0.6) is 5.75 Å². The predicted molar refractivity (Wildman–Crippen MR) is 115 cm³/mol. The number of carbonyl (C=O) groups excluding carboxylic acids is 2. The number of esters is 1. The number of rotatable bonds is 9. The van der Waals surface area contributed by atoms with Gasteiger partial charge in [-0.25, -0.2) is 4.79 Å². The fraction of sp³-hybridized carbons (Fsp3) is 0.182. The third kappa shape index (κ3) is 6.66. The van der Waals surface area contributed by atoms with E-state index < -0.39 is 0 Å². The molecule has 0 aliphatic heterocycles. The monoisotopic (exact) mass is 462 g/mol. The highest BCUT2D eigenvalue weighted by Gasteiger charge is 2.10. The van der Waals surface area contributed by atoms with Gasteiger partial charge in [0, 0.05) is 27.1 Å². The van der Waals surface area contributed by atoms with Crippen LogP contribution in [0.25, 0.3) is 6.08 Å². The molecule has 0 heterocycles. The van der Waals surface area contributed by atoms with Crippen molar-refractivity contribution in [3.63, 3.8) is 0 Å². The Bertz CT molecular complexity index is 872. The van der Waals surface area contributed by atoms with Crippen molar-refractivity contribution in [2.75, 3.05) is 18.5 Å². The number of hydrogen-bond acceptors (Lipinski definition) is 4. The second kappa shape index (κ2) is 11.5. The highest BCUT2D eigenvalue weighted by molar-refractivity contribution is 9.09. The number of carbonyl (C=O) groups is 2. The summed E-state index contributed by atoms with van der Waals surface area (Å²) < 4.78 is 10.8. The van der Waals surface area contributed by atoms with Gasteiger partial charge in [0.15, 0.2) is 5.78 Å². The number of hydrogen-bond donors (Lipinski definition) is 0. The van der Waals surface area contributed by atoms with Crippen LogP contribution in [0.3, 0.4) is 0 Å². The first-order chi connectivity index (χ1) is 13.5. The summed E-state index contributed by atoms with van der Waals surface area (Å²) in [7, 11) is 0. The molecule has 2 rings (SSSR count). The van der Waals surface area contributed by atoms with Crippen LogP contribution < -0.4 is 4.74 Å². The van der Waals surface area contributed by atoms with E-state index in [9.17, 15) is 9.59 Å². The van der Waals surface area contributed by atoms with E-state index in [1.807, 2.05) is 18.2 Å². The van der Waals surface area contributed by atoms with E-state index in [-0.39, 0.29) is 18.4 Å². The molecule has 0 amide bonds. The van der Waals surface area contributed by atoms with E-state index in [4.69, 9.17) is 21.1 Å². The lowest BCUT2D eigenvalue weighted by atomic mass is 10.1. The van der Waals surface area contributed by atoms with E-state index in [0.29, 0.717) is 33.8 Å². The van der Waals surface area contributed by atoms with Crippen molar-refractivity contribution < 1.29 is 19.1 Å². The number of ketones is 1. The molecule has 6 heteroatoms. The van der Waals surface area contributed by atoms with Crippen LogP contribution in [0.4, 0.5) is 0 Å². The van der Waals surface area contributed by atoms with Crippen molar-refractivity contribution in [1.29, 1.82) is 0 Å². The summed E-state index contributed by atoms with van der Waals surface area (Å²) in [6.45, 7) is 2.29. The van der Waals surface area contributed by atoms with Crippen molar-refractivity contribution in [2.24, 2.45) is 0 Å². The molecular formula is C22H20BrClO4. The molecule has 0 atom stereocenters. The second-order valence-corrected chi connectivity index (χ2v) is 6.64. The van der Waals surface area contributed by atoms with Gasteiger partial charge in [-0.3, -0.25) is 4.79 Å². The van der Waals surface area contributed by atoms with Crippen LogP contribution >= 0.6 is 27.5 Å². The molecule has 28 heavy (non-hydrogen) atoms. The largest absolute Gasteiger partial charge is 0.489 e. The second-order valence-electron chi connectivity index (χ2n) is 5.65. The highest BCUT2D eigenvalue weighted by Crippen LogP contribution is 2.22. The molecular weight excluding hydrogens is 444 g/mol. The first-order valence-electron chi connectivity index (χ1n) is 8.67. The fourth-order valence-electron chi connectivity index (χ4n) is 2.30. The Morgan fingerprint density at radius 1 is 1.11 bits per heavy atom. The van der Waals surface area contributed by atoms with Gasteiger partial charge in [-0.2, -0.15) is 0 Å². The van der Waals surface area contributed by atoms with Crippen molar-refractivity contribution in [1.82, 2.24) is 0 Å². The van der Waals surface area contributed by atoms with Gasteiger partial charge in [-0.1, -0.05) is 45.7 Å². The molecule has 2 aromatic carbocycles. The lowest BCUT2D eigenvalue weighted by Gasteiger charge is -2.09. The molecule has 0 radical (unpaired) electrons. The summed E-state index contributed by atoms with van der Waals surface area (Å²) in [6.07, 6.45) is 4.84. The van der Waals surface area contributed by atoms with E-state index >= 15 is 0 Å². The number of ether oxygens (including phenoxy) is 2. The Kier molecular flexibility index (Phi) is 8.98. The van der Waals surface area contributed by atoms with Gasteiger partial charge in [0.2, 0.25) is 0 Å². The Labute approximate surface area is 177 Å².